The van der Waals surface area contributed by atoms with Crippen molar-refractivity contribution in [3.05, 3.63) is 29.8 Å². The lowest BCUT2D eigenvalue weighted by atomic mass is 10.3. The molecule has 1 amide bonds. The molecule has 1 heterocycles. The van der Waals surface area contributed by atoms with Crippen molar-refractivity contribution < 1.29 is 13.6 Å². The van der Waals surface area contributed by atoms with Gasteiger partial charge < -0.3 is 10.2 Å². The van der Waals surface area contributed by atoms with E-state index >= 15 is 0 Å². The number of carbonyl (C=O) groups excluding carboxylic acids is 1. The number of amides is 1. The van der Waals surface area contributed by atoms with Crippen molar-refractivity contribution in [3.8, 4) is 0 Å². The first-order chi connectivity index (χ1) is 9.04. The number of nitrogens with one attached hydrogen (secondary N) is 1. The maximum absolute atomic E-state index is 13.0. The van der Waals surface area contributed by atoms with E-state index in [9.17, 15) is 13.6 Å². The fourth-order valence-corrected chi connectivity index (χ4v) is 1.98. The normalized spacial score (nSPS) is 17.4. The Morgan fingerprint density at radius 2 is 1.89 bits per heavy atom. The molecular formula is C13H17F2N3O. The molecule has 0 saturated carbocycles. The lowest BCUT2D eigenvalue weighted by Gasteiger charge is -2.31. The maximum Gasteiger partial charge on any atom is 0.238 e. The van der Waals surface area contributed by atoms with Crippen LogP contribution in [0.15, 0.2) is 18.2 Å². The molecule has 1 fully saturated rings. The van der Waals surface area contributed by atoms with Crippen molar-refractivity contribution in [2.24, 2.45) is 0 Å². The Balaban J connectivity index is 1.85. The summed E-state index contributed by atoms with van der Waals surface area (Å²) in [6.45, 7) is 3.80. The Labute approximate surface area is 111 Å². The van der Waals surface area contributed by atoms with Crippen molar-refractivity contribution in [2.75, 3.05) is 45.1 Å². The summed E-state index contributed by atoms with van der Waals surface area (Å²) in [4.78, 5) is 16.0. The molecule has 0 radical (unpaired) electrons. The molecule has 0 aromatic heterocycles. The van der Waals surface area contributed by atoms with Gasteiger partial charge in [-0.25, -0.2) is 8.78 Å². The van der Waals surface area contributed by atoms with Gasteiger partial charge in [0.1, 0.15) is 0 Å². The number of piperazine rings is 1. The highest BCUT2D eigenvalue weighted by molar-refractivity contribution is 5.92. The lowest BCUT2D eigenvalue weighted by molar-refractivity contribution is -0.117. The lowest BCUT2D eigenvalue weighted by Crippen LogP contribution is -2.47. The topological polar surface area (TPSA) is 35.6 Å². The molecule has 4 nitrogen and oxygen atoms in total. The predicted molar refractivity (Wildman–Crippen MR) is 68.9 cm³/mol. The van der Waals surface area contributed by atoms with Gasteiger partial charge in [0.15, 0.2) is 11.6 Å². The van der Waals surface area contributed by atoms with Crippen molar-refractivity contribution >= 4 is 11.6 Å². The van der Waals surface area contributed by atoms with Crippen LogP contribution in [0.3, 0.4) is 0 Å². The summed E-state index contributed by atoms with van der Waals surface area (Å²) in [6.07, 6.45) is 0. The van der Waals surface area contributed by atoms with Crippen LogP contribution in [0, 0.1) is 11.6 Å². The van der Waals surface area contributed by atoms with Crippen molar-refractivity contribution in [3.63, 3.8) is 0 Å². The summed E-state index contributed by atoms with van der Waals surface area (Å²) in [5, 5.41) is 2.57. The van der Waals surface area contributed by atoms with Crippen LogP contribution < -0.4 is 5.32 Å². The van der Waals surface area contributed by atoms with E-state index in [1.54, 1.807) is 0 Å². The summed E-state index contributed by atoms with van der Waals surface area (Å²) in [5.41, 5.74) is 0.276. The highest BCUT2D eigenvalue weighted by Crippen LogP contribution is 2.13. The monoisotopic (exact) mass is 269 g/mol. The Hall–Kier alpha value is -1.53. The zero-order valence-corrected chi connectivity index (χ0v) is 10.8. The Morgan fingerprint density at radius 1 is 1.21 bits per heavy atom. The zero-order valence-electron chi connectivity index (χ0n) is 10.8. The molecule has 0 atom stereocenters. The van der Waals surface area contributed by atoms with Gasteiger partial charge in [0.25, 0.3) is 0 Å². The second-order valence-electron chi connectivity index (χ2n) is 4.76. The average molecular weight is 269 g/mol. The third kappa shape index (κ3) is 3.97. The van der Waals surface area contributed by atoms with E-state index in [-0.39, 0.29) is 18.1 Å². The second kappa shape index (κ2) is 6.08. The number of hydrogen-bond donors (Lipinski definition) is 1. The SMILES string of the molecule is CN1CCN(CC(=O)Nc2ccc(F)c(F)c2)CC1. The molecule has 1 aromatic carbocycles. The van der Waals surface area contributed by atoms with Gasteiger partial charge in [0, 0.05) is 37.9 Å². The molecule has 1 aliphatic heterocycles. The number of anilines is 1. The second-order valence-corrected chi connectivity index (χ2v) is 4.76. The maximum atomic E-state index is 13.0. The summed E-state index contributed by atoms with van der Waals surface area (Å²) in [5.74, 6) is -2.09. The van der Waals surface area contributed by atoms with Crippen LogP contribution in [-0.4, -0.2) is 55.5 Å². The molecular weight excluding hydrogens is 252 g/mol. The van der Waals surface area contributed by atoms with Gasteiger partial charge in [-0.2, -0.15) is 0 Å². The van der Waals surface area contributed by atoms with E-state index in [1.807, 2.05) is 11.9 Å². The van der Waals surface area contributed by atoms with Gasteiger partial charge >= 0.3 is 0 Å². The summed E-state index contributed by atoms with van der Waals surface area (Å²) in [7, 11) is 2.04. The van der Waals surface area contributed by atoms with Crippen LogP contribution >= 0.6 is 0 Å². The van der Waals surface area contributed by atoms with Crippen molar-refractivity contribution in [1.29, 1.82) is 0 Å². The van der Waals surface area contributed by atoms with Crippen molar-refractivity contribution in [2.45, 2.75) is 0 Å². The fourth-order valence-electron chi connectivity index (χ4n) is 1.98. The first-order valence-corrected chi connectivity index (χ1v) is 6.20. The first kappa shape index (κ1) is 13.9. The largest absolute Gasteiger partial charge is 0.325 e. The minimum atomic E-state index is -0.961. The number of nitrogens with zero attached hydrogens (tertiary/aromatic N) is 2. The first-order valence-electron chi connectivity index (χ1n) is 6.20. The summed E-state index contributed by atoms with van der Waals surface area (Å²) in [6, 6.07) is 3.33. The van der Waals surface area contributed by atoms with Crippen LogP contribution in [0.5, 0.6) is 0 Å². The number of carbonyl (C=O) groups is 1. The average Bonchev–Trinajstić information content (AvgIpc) is 2.37. The Morgan fingerprint density at radius 3 is 2.53 bits per heavy atom. The van der Waals surface area contributed by atoms with E-state index < -0.39 is 11.6 Å². The molecule has 1 N–H and O–H groups in total. The molecule has 1 aromatic rings. The van der Waals surface area contributed by atoms with Crippen LogP contribution in [0.25, 0.3) is 0 Å². The number of rotatable bonds is 3. The van der Waals surface area contributed by atoms with Gasteiger partial charge in [-0.15, -0.1) is 0 Å². The Kier molecular flexibility index (Phi) is 4.44. The van der Waals surface area contributed by atoms with Crippen LogP contribution in [-0.2, 0) is 4.79 Å². The van der Waals surface area contributed by atoms with E-state index in [1.165, 1.54) is 6.07 Å². The van der Waals surface area contributed by atoms with Crippen LogP contribution in [0.1, 0.15) is 0 Å². The summed E-state index contributed by atoms with van der Waals surface area (Å²) < 4.78 is 25.7. The van der Waals surface area contributed by atoms with E-state index in [2.05, 4.69) is 10.2 Å². The van der Waals surface area contributed by atoms with E-state index in [4.69, 9.17) is 0 Å². The van der Waals surface area contributed by atoms with Crippen molar-refractivity contribution in [1.82, 2.24) is 9.80 Å². The highest BCUT2D eigenvalue weighted by Gasteiger charge is 2.16. The molecule has 6 heteroatoms. The molecule has 1 aliphatic rings. The molecule has 1 saturated heterocycles. The zero-order chi connectivity index (χ0) is 13.8. The van der Waals surface area contributed by atoms with Crippen LogP contribution in [0.4, 0.5) is 14.5 Å². The number of hydrogen-bond acceptors (Lipinski definition) is 3. The molecule has 0 unspecified atom stereocenters. The van der Waals surface area contributed by atoms with E-state index in [0.717, 1.165) is 38.3 Å². The predicted octanol–water partition coefficient (Wildman–Crippen LogP) is 1.15. The quantitative estimate of drug-likeness (QED) is 0.894. The molecule has 104 valence electrons. The van der Waals surface area contributed by atoms with Crippen LogP contribution in [0.2, 0.25) is 0 Å². The standard InChI is InChI=1S/C13H17F2N3O/c1-17-4-6-18(7-5-17)9-13(19)16-10-2-3-11(14)12(15)8-10/h2-3,8H,4-7,9H2,1H3,(H,16,19). The molecule has 0 bridgehead atoms. The molecule has 2 rings (SSSR count). The fraction of sp³-hybridized carbons (Fsp3) is 0.462. The summed E-state index contributed by atoms with van der Waals surface area (Å²) >= 11 is 0. The number of benzene rings is 1. The molecule has 19 heavy (non-hydrogen) atoms. The third-order valence-electron chi connectivity index (χ3n) is 3.17. The van der Waals surface area contributed by atoms with Gasteiger partial charge in [0.2, 0.25) is 5.91 Å². The smallest absolute Gasteiger partial charge is 0.238 e. The van der Waals surface area contributed by atoms with Gasteiger partial charge in [-0.3, -0.25) is 9.69 Å². The number of halogens is 2. The molecule has 0 spiro atoms. The Bertz CT molecular complexity index is 459. The highest BCUT2D eigenvalue weighted by atomic mass is 19.2. The van der Waals surface area contributed by atoms with E-state index in [0.29, 0.717) is 0 Å². The van der Waals surface area contributed by atoms with Gasteiger partial charge in [-0.1, -0.05) is 0 Å². The minimum absolute atomic E-state index is 0.212. The molecule has 0 aliphatic carbocycles. The minimum Gasteiger partial charge on any atom is -0.325 e. The number of likely N-dealkylation sites (N-methyl/N-ethyl adjacent to an activating group) is 1. The van der Waals surface area contributed by atoms with Gasteiger partial charge in [-0.05, 0) is 19.2 Å². The third-order valence-corrected chi connectivity index (χ3v) is 3.17. The van der Waals surface area contributed by atoms with Gasteiger partial charge in [0.05, 0.1) is 6.54 Å².